The van der Waals surface area contributed by atoms with Crippen LogP contribution in [0.3, 0.4) is 0 Å². The molecule has 1 heterocycles. The zero-order valence-electron chi connectivity index (χ0n) is 3.51. The van der Waals surface area contributed by atoms with E-state index in [0.29, 0.717) is 0 Å². The van der Waals surface area contributed by atoms with Crippen LogP contribution in [0.15, 0.2) is 10.9 Å². The van der Waals surface area contributed by atoms with Crippen LogP contribution in [0.4, 0.5) is 0 Å². The Morgan fingerprint density at radius 1 is 1.83 bits per heavy atom. The molecule has 0 N–H and O–H groups in total. The van der Waals surface area contributed by atoms with Gasteiger partial charge in [-0.15, -0.1) is 11.3 Å². The molecule has 0 aliphatic heterocycles. The van der Waals surface area contributed by atoms with Crippen LogP contribution in [0.1, 0.15) is 0 Å². The minimum atomic E-state index is 1.10. The van der Waals surface area contributed by atoms with Gasteiger partial charge in [0.15, 0.2) is 0 Å². The van der Waals surface area contributed by atoms with Gasteiger partial charge < -0.3 is 0 Å². The van der Waals surface area contributed by atoms with Crippen LogP contribution in [-0.2, 0) is 0 Å². The van der Waals surface area contributed by atoms with Gasteiger partial charge in [-0.3, -0.25) is 4.98 Å². The van der Waals surface area contributed by atoms with Crippen LogP contribution < -0.4 is 5.32 Å². The second-order valence-electron chi connectivity index (χ2n) is 1.13. The fourth-order valence-corrected chi connectivity index (χ4v) is 1.54. The third-order valence-corrected chi connectivity index (χ3v) is 2.23. The van der Waals surface area contributed by atoms with E-state index in [1.165, 1.54) is 5.32 Å². The van der Waals surface area contributed by atoms with Crippen molar-refractivity contribution in [2.45, 2.75) is 0 Å². The van der Waals surface area contributed by atoms with Gasteiger partial charge in [0.1, 0.15) is 0 Å². The molecule has 1 rings (SSSR count). The summed E-state index contributed by atoms with van der Waals surface area (Å²) in [7, 11) is 1.10. The molecule has 0 spiro atoms. The molecule has 32 valence electrons. The van der Waals surface area contributed by atoms with Gasteiger partial charge in [-0.2, -0.15) is 0 Å². The van der Waals surface area contributed by atoms with E-state index in [2.05, 4.69) is 10.4 Å². The first-order valence-electron chi connectivity index (χ1n) is 1.74. The molecule has 0 unspecified atom stereocenters. The summed E-state index contributed by atoms with van der Waals surface area (Å²) in [4.78, 5) is 4.00. The highest BCUT2D eigenvalue weighted by atomic mass is 32.1. The van der Waals surface area contributed by atoms with Gasteiger partial charge in [0.25, 0.3) is 0 Å². The fourth-order valence-electron chi connectivity index (χ4n) is 0.273. The van der Waals surface area contributed by atoms with E-state index in [4.69, 9.17) is 0 Å². The van der Waals surface area contributed by atoms with Crippen molar-refractivity contribution in [3.8, 4) is 0 Å². The molecule has 0 aliphatic rings. The van der Waals surface area contributed by atoms with Crippen molar-refractivity contribution in [2.24, 2.45) is 0 Å². The zero-order valence-corrected chi connectivity index (χ0v) is 6.33. The molecule has 0 amide bonds. The highest BCUT2D eigenvalue weighted by molar-refractivity contribution is 7.08. The van der Waals surface area contributed by atoms with Crippen molar-refractivity contribution in [1.82, 2.24) is 4.98 Å². The van der Waals surface area contributed by atoms with Crippen molar-refractivity contribution in [3.63, 3.8) is 0 Å². The van der Waals surface area contributed by atoms with Gasteiger partial charge in [-0.25, -0.2) is 0 Å². The molecule has 0 fully saturated rings. The van der Waals surface area contributed by atoms with E-state index in [9.17, 15) is 0 Å². The van der Waals surface area contributed by atoms with Gasteiger partial charge in [0.2, 0.25) is 0 Å². The first-order valence-corrected chi connectivity index (χ1v) is 3.68. The van der Waals surface area contributed by atoms with Crippen LogP contribution in [0.2, 0.25) is 0 Å². The Bertz CT molecular complexity index is 114. The van der Waals surface area contributed by atoms with Crippen molar-refractivity contribution in [2.75, 3.05) is 0 Å². The van der Waals surface area contributed by atoms with E-state index in [0.717, 1.165) is 10.2 Å². The van der Waals surface area contributed by atoms with Gasteiger partial charge in [0.05, 0.1) is 15.8 Å². The van der Waals surface area contributed by atoms with E-state index >= 15 is 0 Å². The predicted octanol–water partition coefficient (Wildman–Crippen LogP) is -0.866. The molecule has 0 aliphatic carbocycles. The lowest BCUT2D eigenvalue weighted by molar-refractivity contribution is 1.49. The molecule has 3 heteroatoms. The number of nitrogens with zero attached hydrogens (tertiary/aromatic N) is 1. The fraction of sp³-hybridized carbons (Fsp3) is 0. The van der Waals surface area contributed by atoms with Gasteiger partial charge in [-0.1, -0.05) is 0 Å². The van der Waals surface area contributed by atoms with Crippen LogP contribution in [0.25, 0.3) is 0 Å². The smallest absolute Gasteiger partial charge is 0.0789 e. The van der Waals surface area contributed by atoms with E-state index in [-0.39, 0.29) is 0 Å². The Kier molecular flexibility index (Phi) is 1.02. The summed E-state index contributed by atoms with van der Waals surface area (Å²) in [5, 5.41) is 3.33. The lowest BCUT2D eigenvalue weighted by Gasteiger charge is -1.64. The summed E-state index contributed by atoms with van der Waals surface area (Å²) in [6.45, 7) is 0. The Labute approximate surface area is 43.5 Å². The first-order chi connectivity index (χ1) is 2.89. The molecule has 1 aromatic heterocycles. The number of thiazole rings is 1. The highest BCUT2D eigenvalue weighted by Crippen LogP contribution is 1.82. The number of hydrogen-bond acceptors (Lipinski definition) is 2. The predicted molar refractivity (Wildman–Crippen MR) is 31.7 cm³/mol. The number of hydrogen-bond donors (Lipinski definition) is 0. The molecular weight excluding hydrogens is 110 g/mol. The maximum absolute atomic E-state index is 4.00. The van der Waals surface area contributed by atoms with Gasteiger partial charge >= 0.3 is 0 Å². The second kappa shape index (κ2) is 1.53. The quantitative estimate of drug-likeness (QED) is 0.401. The molecule has 1 aromatic rings. The van der Waals surface area contributed by atoms with E-state index < -0.39 is 0 Å². The minimum Gasteiger partial charge on any atom is -0.256 e. The molecule has 6 heavy (non-hydrogen) atoms. The average Bonchev–Trinajstić information content (AvgIpc) is 1.86. The lowest BCUT2D eigenvalue weighted by atomic mass is 11.0. The second-order valence-corrected chi connectivity index (χ2v) is 2.87. The number of aromatic nitrogens is 1. The Morgan fingerprint density at radius 2 is 2.67 bits per heavy atom. The normalized spacial score (nSPS) is 9.33. The summed E-state index contributed by atoms with van der Waals surface area (Å²) in [5.74, 6) is 0. The molecule has 1 nitrogen and oxygen atoms in total. The molecule has 0 atom stereocenters. The third-order valence-electron chi connectivity index (χ3n) is 0.556. The van der Waals surface area contributed by atoms with E-state index in [1.54, 1.807) is 11.3 Å². The van der Waals surface area contributed by atoms with E-state index in [1.807, 2.05) is 5.51 Å². The number of rotatable bonds is 0. The maximum Gasteiger partial charge on any atom is 0.0789 e. The average molecular weight is 115 g/mol. The lowest BCUT2D eigenvalue weighted by Crippen LogP contribution is -1.98. The molecular formula is C3H5NSSi. The van der Waals surface area contributed by atoms with Crippen molar-refractivity contribution in [1.29, 1.82) is 0 Å². The van der Waals surface area contributed by atoms with Gasteiger partial charge in [0, 0.05) is 10.7 Å². The third kappa shape index (κ3) is 0.665. The SMILES string of the molecule is [SiH3]c1cscn1. The monoisotopic (exact) mass is 115 g/mol. The van der Waals surface area contributed by atoms with Crippen LogP contribution >= 0.6 is 11.3 Å². The summed E-state index contributed by atoms with van der Waals surface area (Å²) in [6, 6.07) is 0. The molecule has 0 saturated carbocycles. The van der Waals surface area contributed by atoms with Gasteiger partial charge in [-0.05, 0) is 0 Å². The molecule has 0 bridgehead atoms. The van der Waals surface area contributed by atoms with Crippen LogP contribution in [-0.4, -0.2) is 15.2 Å². The topological polar surface area (TPSA) is 12.9 Å². The first kappa shape index (κ1) is 4.02. The maximum atomic E-state index is 4.00. The molecule has 0 saturated heterocycles. The Morgan fingerprint density at radius 3 is 2.83 bits per heavy atom. The van der Waals surface area contributed by atoms with Crippen molar-refractivity contribution < 1.29 is 0 Å². The van der Waals surface area contributed by atoms with Crippen molar-refractivity contribution >= 4 is 26.9 Å². The summed E-state index contributed by atoms with van der Waals surface area (Å²) in [5.41, 5.74) is 1.86. The minimum absolute atomic E-state index is 1.10. The summed E-state index contributed by atoms with van der Waals surface area (Å²) in [6.07, 6.45) is 0. The highest BCUT2D eigenvalue weighted by Gasteiger charge is 1.75. The molecule has 0 aromatic carbocycles. The Hall–Kier alpha value is -0.153. The van der Waals surface area contributed by atoms with Crippen LogP contribution in [0, 0.1) is 0 Å². The Balaban J connectivity index is 3.05. The summed E-state index contributed by atoms with van der Waals surface area (Å²) < 4.78 is 0. The van der Waals surface area contributed by atoms with Crippen LogP contribution in [0.5, 0.6) is 0 Å². The summed E-state index contributed by atoms with van der Waals surface area (Å²) >= 11 is 1.66. The largest absolute Gasteiger partial charge is 0.256 e. The standard InChI is InChI=1S/C3H5NSSi/c6-3-1-5-2-4-3/h1-2H,6H3. The van der Waals surface area contributed by atoms with Crippen molar-refractivity contribution in [3.05, 3.63) is 10.9 Å². The zero-order chi connectivity index (χ0) is 4.41. The molecule has 0 radical (unpaired) electrons.